The first-order chi connectivity index (χ1) is 7.60. The third kappa shape index (κ3) is 3.53. The summed E-state index contributed by atoms with van der Waals surface area (Å²) < 4.78 is 6.65. The lowest BCUT2D eigenvalue weighted by Crippen LogP contribution is -2.48. The van der Waals surface area contributed by atoms with Gasteiger partial charge in [0.25, 0.3) is 0 Å². The Hall–Kier alpha value is 0.0600. The molecule has 0 fully saturated rings. The SMILES string of the molecule is COC(C(C)C)C(Cc1sccc1Br)NN. The van der Waals surface area contributed by atoms with Crippen LogP contribution in [-0.4, -0.2) is 19.3 Å². The van der Waals surface area contributed by atoms with Gasteiger partial charge >= 0.3 is 0 Å². The molecule has 0 aliphatic carbocycles. The van der Waals surface area contributed by atoms with Crippen LogP contribution < -0.4 is 11.3 Å². The molecule has 1 aromatic heterocycles. The quantitative estimate of drug-likeness (QED) is 0.627. The zero-order valence-corrected chi connectivity index (χ0v) is 12.3. The molecule has 1 rings (SSSR count). The van der Waals surface area contributed by atoms with Gasteiger partial charge in [-0.3, -0.25) is 11.3 Å². The van der Waals surface area contributed by atoms with Crippen molar-refractivity contribution in [1.82, 2.24) is 5.43 Å². The summed E-state index contributed by atoms with van der Waals surface area (Å²) in [6.07, 6.45) is 1.00. The van der Waals surface area contributed by atoms with E-state index in [-0.39, 0.29) is 12.1 Å². The van der Waals surface area contributed by atoms with Gasteiger partial charge < -0.3 is 4.74 Å². The molecule has 2 unspecified atom stereocenters. The number of hydrazine groups is 1. The van der Waals surface area contributed by atoms with Gasteiger partial charge in [0.05, 0.1) is 12.1 Å². The molecule has 0 aromatic carbocycles. The van der Waals surface area contributed by atoms with E-state index in [4.69, 9.17) is 10.6 Å². The van der Waals surface area contributed by atoms with E-state index in [2.05, 4.69) is 46.6 Å². The van der Waals surface area contributed by atoms with Gasteiger partial charge in [-0.2, -0.15) is 0 Å². The van der Waals surface area contributed by atoms with Crippen LogP contribution in [0.2, 0.25) is 0 Å². The molecule has 0 radical (unpaired) electrons. The third-order valence-corrected chi connectivity index (χ3v) is 4.58. The van der Waals surface area contributed by atoms with Crippen molar-refractivity contribution in [3.8, 4) is 0 Å². The number of halogens is 1. The largest absolute Gasteiger partial charge is 0.380 e. The average molecular weight is 307 g/mol. The molecule has 0 saturated heterocycles. The summed E-state index contributed by atoms with van der Waals surface area (Å²) in [6, 6.07) is 2.20. The second kappa shape index (κ2) is 6.71. The van der Waals surface area contributed by atoms with E-state index >= 15 is 0 Å². The fraction of sp³-hybridized carbons (Fsp3) is 0.636. The Labute approximate surface area is 109 Å². The lowest BCUT2D eigenvalue weighted by molar-refractivity contribution is 0.0334. The van der Waals surface area contributed by atoms with Crippen LogP contribution >= 0.6 is 27.3 Å². The molecule has 1 aromatic rings. The first kappa shape index (κ1) is 14.1. The van der Waals surface area contributed by atoms with Crippen molar-refractivity contribution >= 4 is 27.3 Å². The number of nitrogens with two attached hydrogens (primary N) is 1. The number of hydrogen-bond donors (Lipinski definition) is 2. The molecule has 0 spiro atoms. The molecule has 92 valence electrons. The highest BCUT2D eigenvalue weighted by Gasteiger charge is 2.24. The predicted molar refractivity (Wildman–Crippen MR) is 72.5 cm³/mol. The maximum atomic E-state index is 5.61. The molecule has 1 heterocycles. The van der Waals surface area contributed by atoms with Crippen LogP contribution in [0.5, 0.6) is 0 Å². The molecule has 0 aliphatic rings. The van der Waals surface area contributed by atoms with Gasteiger partial charge in [-0.25, -0.2) is 0 Å². The first-order valence-electron chi connectivity index (χ1n) is 5.31. The minimum atomic E-state index is 0.124. The number of rotatable bonds is 6. The standard InChI is InChI=1S/C11H19BrN2OS/c1-7(2)11(15-3)9(14-13)6-10-8(12)4-5-16-10/h4-5,7,9,11,14H,6,13H2,1-3H3. The maximum absolute atomic E-state index is 5.61. The van der Waals surface area contributed by atoms with E-state index in [1.54, 1.807) is 18.4 Å². The molecule has 0 saturated carbocycles. The van der Waals surface area contributed by atoms with E-state index in [0.29, 0.717) is 5.92 Å². The Morgan fingerprint density at radius 1 is 1.56 bits per heavy atom. The molecule has 0 amide bonds. The Bertz CT molecular complexity index is 317. The summed E-state index contributed by atoms with van der Waals surface area (Å²) in [7, 11) is 1.73. The van der Waals surface area contributed by atoms with Crippen LogP contribution in [-0.2, 0) is 11.2 Å². The summed E-state index contributed by atoms with van der Waals surface area (Å²) in [6.45, 7) is 4.28. The van der Waals surface area contributed by atoms with E-state index in [0.717, 1.165) is 10.9 Å². The average Bonchev–Trinajstić information content (AvgIpc) is 2.63. The highest BCUT2D eigenvalue weighted by molar-refractivity contribution is 9.10. The Balaban J connectivity index is 2.71. The van der Waals surface area contributed by atoms with Gasteiger partial charge in [0, 0.05) is 22.9 Å². The molecule has 5 heteroatoms. The predicted octanol–water partition coefficient (Wildman–Crippen LogP) is 2.56. The molecular formula is C11H19BrN2OS. The Morgan fingerprint density at radius 2 is 2.25 bits per heavy atom. The Morgan fingerprint density at radius 3 is 2.62 bits per heavy atom. The van der Waals surface area contributed by atoms with Crippen molar-refractivity contribution in [2.45, 2.75) is 32.4 Å². The third-order valence-electron chi connectivity index (χ3n) is 2.64. The van der Waals surface area contributed by atoms with Gasteiger partial charge in [0.1, 0.15) is 0 Å². The fourth-order valence-electron chi connectivity index (χ4n) is 1.84. The summed E-state index contributed by atoms with van der Waals surface area (Å²) in [4.78, 5) is 1.30. The van der Waals surface area contributed by atoms with Crippen molar-refractivity contribution in [2.24, 2.45) is 11.8 Å². The highest BCUT2D eigenvalue weighted by Crippen LogP contribution is 2.25. The lowest BCUT2D eigenvalue weighted by Gasteiger charge is -2.28. The molecule has 3 N–H and O–H groups in total. The van der Waals surface area contributed by atoms with Crippen molar-refractivity contribution in [3.05, 3.63) is 20.8 Å². The summed E-state index contributed by atoms with van der Waals surface area (Å²) >= 11 is 5.27. The van der Waals surface area contributed by atoms with Crippen molar-refractivity contribution < 1.29 is 4.74 Å². The number of methoxy groups -OCH3 is 1. The van der Waals surface area contributed by atoms with E-state index in [1.807, 2.05) is 0 Å². The molecule has 2 atom stereocenters. The van der Waals surface area contributed by atoms with Crippen molar-refractivity contribution in [1.29, 1.82) is 0 Å². The number of nitrogens with one attached hydrogen (secondary N) is 1. The van der Waals surface area contributed by atoms with Crippen LogP contribution in [0.1, 0.15) is 18.7 Å². The van der Waals surface area contributed by atoms with E-state index in [1.165, 1.54) is 4.88 Å². The van der Waals surface area contributed by atoms with Gasteiger partial charge in [-0.15, -0.1) is 11.3 Å². The van der Waals surface area contributed by atoms with Gasteiger partial charge in [0.2, 0.25) is 0 Å². The second-order valence-corrected chi connectivity index (χ2v) is 5.97. The molecule has 3 nitrogen and oxygen atoms in total. The molecular weight excluding hydrogens is 288 g/mol. The fourth-order valence-corrected chi connectivity index (χ4v) is 3.42. The van der Waals surface area contributed by atoms with Crippen LogP contribution in [0.15, 0.2) is 15.9 Å². The van der Waals surface area contributed by atoms with Gasteiger partial charge in [-0.05, 0) is 33.3 Å². The zero-order chi connectivity index (χ0) is 12.1. The van der Waals surface area contributed by atoms with Crippen LogP contribution in [0, 0.1) is 5.92 Å². The van der Waals surface area contributed by atoms with Crippen LogP contribution in [0.4, 0.5) is 0 Å². The summed E-state index contributed by atoms with van der Waals surface area (Å²) in [5.74, 6) is 6.05. The number of ether oxygens (including phenoxy) is 1. The first-order valence-corrected chi connectivity index (χ1v) is 6.98. The van der Waals surface area contributed by atoms with Gasteiger partial charge in [0.15, 0.2) is 0 Å². The molecule has 0 aliphatic heterocycles. The second-order valence-electron chi connectivity index (χ2n) is 4.11. The van der Waals surface area contributed by atoms with E-state index in [9.17, 15) is 0 Å². The maximum Gasteiger partial charge on any atom is 0.0764 e. The lowest BCUT2D eigenvalue weighted by atomic mass is 9.97. The van der Waals surface area contributed by atoms with Gasteiger partial charge in [-0.1, -0.05) is 13.8 Å². The van der Waals surface area contributed by atoms with E-state index < -0.39 is 0 Å². The minimum absolute atomic E-state index is 0.124. The zero-order valence-electron chi connectivity index (χ0n) is 9.87. The van der Waals surface area contributed by atoms with Crippen LogP contribution in [0.3, 0.4) is 0 Å². The minimum Gasteiger partial charge on any atom is -0.380 e. The van der Waals surface area contributed by atoms with Crippen molar-refractivity contribution in [3.63, 3.8) is 0 Å². The summed E-state index contributed by atoms with van der Waals surface area (Å²) in [5.41, 5.74) is 2.86. The molecule has 0 bridgehead atoms. The summed E-state index contributed by atoms with van der Waals surface area (Å²) in [5, 5.41) is 2.07. The van der Waals surface area contributed by atoms with Crippen LogP contribution in [0.25, 0.3) is 0 Å². The monoisotopic (exact) mass is 306 g/mol. The topological polar surface area (TPSA) is 47.3 Å². The van der Waals surface area contributed by atoms with Crippen molar-refractivity contribution in [2.75, 3.05) is 7.11 Å². The normalized spacial score (nSPS) is 15.4. The Kier molecular flexibility index (Phi) is 5.92. The molecule has 16 heavy (non-hydrogen) atoms. The number of hydrogen-bond acceptors (Lipinski definition) is 4. The highest BCUT2D eigenvalue weighted by atomic mass is 79.9. The number of thiophene rings is 1. The smallest absolute Gasteiger partial charge is 0.0764 e.